The Hall–Kier alpha value is -1.85. The molecule has 8 heteroatoms. The van der Waals surface area contributed by atoms with E-state index in [2.05, 4.69) is 10.6 Å². The smallest absolute Gasteiger partial charge is 0.321 e. The molecular weight excluding hydrogens is 363 g/mol. The number of urea groups is 1. The molecule has 2 aromatic carbocycles. The van der Waals surface area contributed by atoms with E-state index in [4.69, 9.17) is 16.1 Å². The summed E-state index contributed by atoms with van der Waals surface area (Å²) in [5, 5.41) is 5.71. The summed E-state index contributed by atoms with van der Waals surface area (Å²) < 4.78 is 17.8. The normalized spacial score (nSPS) is 14.4. The molecule has 2 atom stereocenters. The number of hydrogen-bond acceptors (Lipinski definition) is 3. The van der Waals surface area contributed by atoms with E-state index in [0.717, 1.165) is 0 Å². The minimum absolute atomic E-state index is 0.0385. The zero-order chi connectivity index (χ0) is 18.4. The molecule has 0 saturated carbocycles. The van der Waals surface area contributed by atoms with E-state index in [1.54, 1.807) is 43.3 Å². The van der Waals surface area contributed by atoms with E-state index in [9.17, 15) is 14.3 Å². The van der Waals surface area contributed by atoms with E-state index in [1.807, 2.05) is 6.92 Å². The van der Waals surface area contributed by atoms with Crippen molar-refractivity contribution in [3.8, 4) is 0 Å². The molecule has 2 rings (SSSR count). The highest BCUT2D eigenvalue weighted by Crippen LogP contribution is 2.44. The summed E-state index contributed by atoms with van der Waals surface area (Å²) in [7, 11) is -4.07. The summed E-state index contributed by atoms with van der Waals surface area (Å²) in [6.45, 7) is 3.57. The lowest BCUT2D eigenvalue weighted by atomic mass is 10.3. The third-order valence-electron chi connectivity index (χ3n) is 3.44. The van der Waals surface area contributed by atoms with Gasteiger partial charge in [0.2, 0.25) is 0 Å². The van der Waals surface area contributed by atoms with Crippen molar-refractivity contribution in [3.05, 3.63) is 53.6 Å². The fourth-order valence-corrected chi connectivity index (χ4v) is 3.70. The molecule has 0 radical (unpaired) electrons. The first-order valence-corrected chi connectivity index (χ1v) is 9.71. The molecule has 0 aliphatic carbocycles. The van der Waals surface area contributed by atoms with Gasteiger partial charge in [-0.25, -0.2) is 4.79 Å². The second kappa shape index (κ2) is 8.50. The number of para-hydroxylation sites is 1. The van der Waals surface area contributed by atoms with Crippen LogP contribution in [-0.4, -0.2) is 17.0 Å². The van der Waals surface area contributed by atoms with Gasteiger partial charge in [0.25, 0.3) is 0 Å². The fraction of sp³-hybridized carbons (Fsp3) is 0.235. The summed E-state index contributed by atoms with van der Waals surface area (Å²) in [6.07, 6.45) is 0.208. The number of benzene rings is 2. The van der Waals surface area contributed by atoms with Crippen LogP contribution in [0.4, 0.5) is 16.2 Å². The van der Waals surface area contributed by atoms with Crippen molar-refractivity contribution >= 4 is 41.9 Å². The Morgan fingerprint density at radius 3 is 2.64 bits per heavy atom. The van der Waals surface area contributed by atoms with Crippen molar-refractivity contribution in [1.82, 2.24) is 0 Å². The van der Waals surface area contributed by atoms with E-state index in [-0.39, 0.29) is 17.1 Å². The number of carbonyl (C=O) groups is 1. The van der Waals surface area contributed by atoms with E-state index >= 15 is 0 Å². The molecule has 0 aromatic heterocycles. The first-order chi connectivity index (χ1) is 11.8. The van der Waals surface area contributed by atoms with Gasteiger partial charge in [0.05, 0.1) is 17.1 Å². The average Bonchev–Trinajstić information content (AvgIpc) is 2.54. The highest BCUT2D eigenvalue weighted by molar-refractivity contribution is 7.61. The van der Waals surface area contributed by atoms with Crippen molar-refractivity contribution < 1.29 is 18.8 Å². The topological polar surface area (TPSA) is 87.7 Å². The van der Waals surface area contributed by atoms with Gasteiger partial charge in [-0.2, -0.15) is 0 Å². The van der Waals surface area contributed by atoms with Crippen LogP contribution in [0.5, 0.6) is 0 Å². The number of nitrogens with one attached hydrogen (secondary N) is 2. The molecular formula is C17H20ClN2O4P. The molecule has 0 heterocycles. The van der Waals surface area contributed by atoms with Crippen LogP contribution in [0.15, 0.2) is 48.5 Å². The first-order valence-electron chi connectivity index (χ1n) is 7.76. The van der Waals surface area contributed by atoms with E-state index in [1.165, 1.54) is 12.1 Å². The molecule has 2 aromatic rings. The molecule has 3 N–H and O–H groups in total. The third-order valence-corrected chi connectivity index (χ3v) is 5.32. The third kappa shape index (κ3) is 5.58. The molecule has 2 unspecified atom stereocenters. The minimum Gasteiger partial charge on any atom is -0.321 e. The molecule has 0 spiro atoms. The largest absolute Gasteiger partial charge is 0.361 e. The quantitative estimate of drug-likeness (QED) is 0.636. The van der Waals surface area contributed by atoms with Gasteiger partial charge in [0.1, 0.15) is 0 Å². The number of anilines is 2. The second-order valence-corrected chi connectivity index (χ2v) is 7.62. The predicted molar refractivity (Wildman–Crippen MR) is 101 cm³/mol. The summed E-state index contributed by atoms with van der Waals surface area (Å²) in [5.41, 5.74) is 0.710. The zero-order valence-electron chi connectivity index (χ0n) is 13.9. The summed E-state index contributed by atoms with van der Waals surface area (Å²) in [4.78, 5) is 22.4. The fourth-order valence-electron chi connectivity index (χ4n) is 2.05. The molecule has 0 bridgehead atoms. The second-order valence-electron chi connectivity index (χ2n) is 5.45. The van der Waals surface area contributed by atoms with Crippen molar-refractivity contribution in [3.63, 3.8) is 0 Å². The van der Waals surface area contributed by atoms with Crippen LogP contribution in [0.1, 0.15) is 20.3 Å². The van der Waals surface area contributed by atoms with Crippen LogP contribution < -0.4 is 15.9 Å². The van der Waals surface area contributed by atoms with Crippen molar-refractivity contribution in [2.24, 2.45) is 0 Å². The van der Waals surface area contributed by atoms with Crippen LogP contribution in [0, 0.1) is 0 Å². The van der Waals surface area contributed by atoms with Gasteiger partial charge in [-0.3, -0.25) is 4.57 Å². The van der Waals surface area contributed by atoms with Crippen LogP contribution in [0.3, 0.4) is 0 Å². The maximum Gasteiger partial charge on any atom is 0.361 e. The van der Waals surface area contributed by atoms with Crippen LogP contribution in [0.25, 0.3) is 0 Å². The molecule has 6 nitrogen and oxygen atoms in total. The average molecular weight is 383 g/mol. The SMILES string of the molecule is CCC(C)OP(=O)(O)c1ccccc1NC(=O)Nc1cccc(Cl)c1. The molecule has 2 amide bonds. The van der Waals surface area contributed by atoms with Gasteiger partial charge in [-0.1, -0.05) is 36.7 Å². The Balaban J connectivity index is 2.17. The number of amides is 2. The van der Waals surface area contributed by atoms with Crippen LogP contribution in [-0.2, 0) is 9.09 Å². The Morgan fingerprint density at radius 1 is 1.24 bits per heavy atom. The van der Waals surface area contributed by atoms with Crippen LogP contribution >= 0.6 is 19.2 Å². The van der Waals surface area contributed by atoms with Gasteiger partial charge in [-0.05, 0) is 43.7 Å². The maximum absolute atomic E-state index is 12.5. The van der Waals surface area contributed by atoms with Gasteiger partial charge in [0.15, 0.2) is 0 Å². The Morgan fingerprint density at radius 2 is 1.96 bits per heavy atom. The lowest BCUT2D eigenvalue weighted by molar-refractivity contribution is 0.192. The number of rotatable bonds is 6. The highest BCUT2D eigenvalue weighted by Gasteiger charge is 2.28. The Labute approximate surface area is 151 Å². The lowest BCUT2D eigenvalue weighted by Crippen LogP contribution is -2.24. The molecule has 25 heavy (non-hydrogen) atoms. The standard InChI is InChI=1S/C17H20ClN2O4P/c1-3-12(2)24-25(22,23)16-10-5-4-9-15(16)20-17(21)19-14-8-6-7-13(18)11-14/h4-12H,3H2,1-2H3,(H,22,23)(H2,19,20,21). The number of halogens is 1. The summed E-state index contributed by atoms with van der Waals surface area (Å²) in [5.74, 6) is 0. The summed E-state index contributed by atoms with van der Waals surface area (Å²) >= 11 is 5.88. The molecule has 0 aliphatic rings. The van der Waals surface area contributed by atoms with Crippen molar-refractivity contribution in [2.45, 2.75) is 26.4 Å². The highest BCUT2D eigenvalue weighted by atomic mass is 35.5. The Bertz CT molecular complexity index is 800. The number of carbonyl (C=O) groups excluding carboxylic acids is 1. The minimum atomic E-state index is -4.07. The van der Waals surface area contributed by atoms with Crippen molar-refractivity contribution in [2.75, 3.05) is 10.6 Å². The van der Waals surface area contributed by atoms with Gasteiger partial charge >= 0.3 is 13.6 Å². The molecule has 134 valence electrons. The zero-order valence-corrected chi connectivity index (χ0v) is 15.6. The predicted octanol–water partition coefficient (Wildman–Crippen LogP) is 4.61. The monoisotopic (exact) mass is 382 g/mol. The van der Waals surface area contributed by atoms with Gasteiger partial charge in [-0.15, -0.1) is 0 Å². The van der Waals surface area contributed by atoms with Crippen LogP contribution in [0.2, 0.25) is 5.02 Å². The molecule has 0 aliphatic heterocycles. The van der Waals surface area contributed by atoms with Crippen molar-refractivity contribution in [1.29, 1.82) is 0 Å². The van der Waals surface area contributed by atoms with Gasteiger partial charge in [0, 0.05) is 10.7 Å². The lowest BCUT2D eigenvalue weighted by Gasteiger charge is -2.19. The first kappa shape index (κ1) is 19.5. The maximum atomic E-state index is 12.5. The molecule has 0 saturated heterocycles. The number of hydrogen-bond donors (Lipinski definition) is 3. The van der Waals surface area contributed by atoms with Gasteiger partial charge < -0.3 is 20.1 Å². The van der Waals surface area contributed by atoms with E-state index < -0.39 is 13.6 Å². The summed E-state index contributed by atoms with van der Waals surface area (Å²) in [6, 6.07) is 12.4. The Kier molecular flexibility index (Phi) is 6.62. The molecule has 0 fully saturated rings. The van der Waals surface area contributed by atoms with E-state index in [0.29, 0.717) is 17.1 Å².